The number of hydrogen-bond donors (Lipinski definition) is 1. The molecule has 0 bridgehead atoms. The number of carbonyl (C=O) groups is 2. The van der Waals surface area contributed by atoms with Crippen molar-refractivity contribution >= 4 is 12.2 Å². The molecule has 1 saturated carbocycles. The molecule has 0 aromatic rings. The van der Waals surface area contributed by atoms with Gasteiger partial charge in [-0.3, -0.25) is 10.3 Å². The van der Waals surface area contributed by atoms with Gasteiger partial charge in [0.1, 0.15) is 0 Å². The average molecular weight is 427 g/mol. The molecule has 30 heavy (non-hydrogen) atoms. The second kappa shape index (κ2) is 10.2. The Morgan fingerprint density at radius 3 is 2.50 bits per heavy atom. The molecule has 2 saturated heterocycles. The highest BCUT2D eigenvalue weighted by molar-refractivity contribution is 5.71. The molecule has 3 fully saturated rings. The fourth-order valence-electron chi connectivity index (χ4n) is 5.33. The second-order valence-corrected chi connectivity index (χ2v) is 9.08. The minimum atomic E-state index is -0.305. The number of carbonyl (C=O) groups excluding carboxylic acids is 2. The summed E-state index contributed by atoms with van der Waals surface area (Å²) in [6, 6.07) is -0.179. The lowest BCUT2D eigenvalue weighted by molar-refractivity contribution is -0.0444. The SMILES string of the molecule is COCCN1CC(C2CCC3C(C2)N(C(=O)OC(C)C)C[C@H](C)N3C(=O)OC)CN1. The number of methoxy groups -OCH3 is 2. The third-order valence-electron chi connectivity index (χ3n) is 6.74. The molecule has 2 heterocycles. The molecule has 3 aliphatic rings. The third kappa shape index (κ3) is 5.00. The number of nitrogens with one attached hydrogen (secondary N) is 1. The van der Waals surface area contributed by atoms with E-state index in [2.05, 4.69) is 10.4 Å². The summed E-state index contributed by atoms with van der Waals surface area (Å²) in [6.45, 7) is 9.68. The lowest BCUT2D eigenvalue weighted by Crippen LogP contribution is -2.67. The Morgan fingerprint density at radius 2 is 1.83 bits per heavy atom. The number of nitrogens with zero attached hydrogens (tertiary/aromatic N) is 3. The minimum absolute atomic E-state index is 0.0314. The number of hydrazine groups is 1. The highest BCUT2D eigenvalue weighted by atomic mass is 16.6. The molecule has 0 aromatic carbocycles. The largest absolute Gasteiger partial charge is 0.453 e. The zero-order valence-corrected chi connectivity index (χ0v) is 19.0. The van der Waals surface area contributed by atoms with Crippen LogP contribution in [0.3, 0.4) is 0 Å². The van der Waals surface area contributed by atoms with Crippen LogP contribution in [0, 0.1) is 11.8 Å². The van der Waals surface area contributed by atoms with Gasteiger partial charge in [0.25, 0.3) is 0 Å². The molecule has 4 unspecified atom stereocenters. The fraction of sp³-hybridized carbons (Fsp3) is 0.905. The highest BCUT2D eigenvalue weighted by Gasteiger charge is 2.49. The van der Waals surface area contributed by atoms with Crippen LogP contribution >= 0.6 is 0 Å². The van der Waals surface area contributed by atoms with Gasteiger partial charge in [-0.2, -0.15) is 0 Å². The van der Waals surface area contributed by atoms with Crippen LogP contribution in [0.25, 0.3) is 0 Å². The molecule has 5 atom stereocenters. The number of rotatable bonds is 5. The summed E-state index contributed by atoms with van der Waals surface area (Å²) in [5, 5.41) is 2.23. The summed E-state index contributed by atoms with van der Waals surface area (Å²) in [5.74, 6) is 1.02. The molecule has 9 nitrogen and oxygen atoms in total. The van der Waals surface area contributed by atoms with E-state index in [0.717, 1.165) is 38.9 Å². The van der Waals surface area contributed by atoms with Crippen LogP contribution in [0.4, 0.5) is 9.59 Å². The van der Waals surface area contributed by atoms with E-state index in [9.17, 15) is 9.59 Å². The summed E-state index contributed by atoms with van der Waals surface area (Å²) in [6.07, 6.45) is 2.04. The Bertz CT molecular complexity index is 604. The first kappa shape index (κ1) is 23.1. The van der Waals surface area contributed by atoms with Gasteiger partial charge in [0, 0.05) is 33.3 Å². The zero-order valence-electron chi connectivity index (χ0n) is 19.0. The van der Waals surface area contributed by atoms with Crippen LogP contribution in [0.1, 0.15) is 40.0 Å². The van der Waals surface area contributed by atoms with Crippen molar-refractivity contribution in [3.05, 3.63) is 0 Å². The van der Waals surface area contributed by atoms with E-state index >= 15 is 0 Å². The Labute approximate surface area is 179 Å². The van der Waals surface area contributed by atoms with Crippen LogP contribution in [-0.2, 0) is 14.2 Å². The van der Waals surface area contributed by atoms with E-state index in [1.54, 1.807) is 7.11 Å². The summed E-state index contributed by atoms with van der Waals surface area (Å²) >= 11 is 0. The Hall–Kier alpha value is -1.58. The van der Waals surface area contributed by atoms with E-state index in [4.69, 9.17) is 14.2 Å². The number of ether oxygens (including phenoxy) is 3. The summed E-state index contributed by atoms with van der Waals surface area (Å²) in [5.41, 5.74) is 3.48. The predicted molar refractivity (Wildman–Crippen MR) is 112 cm³/mol. The van der Waals surface area contributed by atoms with Crippen LogP contribution in [0.5, 0.6) is 0 Å². The Morgan fingerprint density at radius 1 is 1.07 bits per heavy atom. The predicted octanol–water partition coefficient (Wildman–Crippen LogP) is 1.92. The van der Waals surface area contributed by atoms with Gasteiger partial charge in [0.05, 0.1) is 37.9 Å². The van der Waals surface area contributed by atoms with Crippen molar-refractivity contribution in [1.29, 1.82) is 0 Å². The maximum absolute atomic E-state index is 12.9. The number of amides is 2. The minimum Gasteiger partial charge on any atom is -0.453 e. The van der Waals surface area contributed by atoms with Crippen molar-refractivity contribution in [3.8, 4) is 0 Å². The molecule has 1 aliphatic carbocycles. The quantitative estimate of drug-likeness (QED) is 0.719. The van der Waals surface area contributed by atoms with E-state index in [1.807, 2.05) is 30.6 Å². The average Bonchev–Trinajstić information content (AvgIpc) is 3.19. The smallest absolute Gasteiger partial charge is 0.410 e. The molecule has 2 amide bonds. The van der Waals surface area contributed by atoms with Gasteiger partial charge >= 0.3 is 12.2 Å². The summed E-state index contributed by atoms with van der Waals surface area (Å²) in [4.78, 5) is 29.1. The molecular weight excluding hydrogens is 388 g/mol. The molecule has 0 spiro atoms. The van der Waals surface area contributed by atoms with Crippen molar-refractivity contribution in [2.24, 2.45) is 11.8 Å². The summed E-state index contributed by atoms with van der Waals surface area (Å²) < 4.78 is 15.8. The van der Waals surface area contributed by atoms with Gasteiger partial charge < -0.3 is 19.1 Å². The van der Waals surface area contributed by atoms with Crippen LogP contribution in [0.2, 0.25) is 0 Å². The highest BCUT2D eigenvalue weighted by Crippen LogP contribution is 2.40. The van der Waals surface area contributed by atoms with Crippen molar-refractivity contribution in [2.75, 3.05) is 47.0 Å². The third-order valence-corrected chi connectivity index (χ3v) is 6.74. The van der Waals surface area contributed by atoms with E-state index in [1.165, 1.54) is 7.11 Å². The Kier molecular flexibility index (Phi) is 7.81. The van der Waals surface area contributed by atoms with Gasteiger partial charge in [0.2, 0.25) is 0 Å². The van der Waals surface area contributed by atoms with E-state index in [-0.39, 0.29) is 36.4 Å². The first-order valence-corrected chi connectivity index (χ1v) is 11.2. The molecule has 2 aliphatic heterocycles. The van der Waals surface area contributed by atoms with Crippen LogP contribution < -0.4 is 5.43 Å². The standard InChI is InChI=1S/C21H38N4O5/c1-14(2)30-20(26)24-12-15(3)25(21(27)29-5)18-7-6-16(10-19(18)24)17-11-22-23(13-17)8-9-28-4/h14-19,22H,6-13H2,1-5H3/t15-,16?,17?,18?,19?/m0/s1. The lowest BCUT2D eigenvalue weighted by atomic mass is 9.73. The number of fused-ring (bicyclic) bond motifs is 1. The first-order chi connectivity index (χ1) is 14.3. The molecule has 9 heteroatoms. The van der Waals surface area contributed by atoms with Crippen LogP contribution in [0.15, 0.2) is 0 Å². The maximum atomic E-state index is 12.9. The fourth-order valence-corrected chi connectivity index (χ4v) is 5.33. The number of hydrogen-bond acceptors (Lipinski definition) is 7. The van der Waals surface area contributed by atoms with Crippen molar-refractivity contribution < 1.29 is 23.8 Å². The van der Waals surface area contributed by atoms with E-state index in [0.29, 0.717) is 25.0 Å². The van der Waals surface area contributed by atoms with Gasteiger partial charge in [0.15, 0.2) is 0 Å². The normalized spacial score (nSPS) is 32.3. The molecule has 3 rings (SSSR count). The van der Waals surface area contributed by atoms with Gasteiger partial charge in [-0.05, 0) is 51.9 Å². The topological polar surface area (TPSA) is 83.6 Å². The second-order valence-electron chi connectivity index (χ2n) is 9.08. The maximum Gasteiger partial charge on any atom is 0.410 e. The summed E-state index contributed by atoms with van der Waals surface area (Å²) in [7, 11) is 3.14. The molecular formula is C21H38N4O5. The molecule has 172 valence electrons. The van der Waals surface area contributed by atoms with Crippen molar-refractivity contribution in [2.45, 2.75) is 64.3 Å². The van der Waals surface area contributed by atoms with Crippen molar-refractivity contribution in [3.63, 3.8) is 0 Å². The van der Waals surface area contributed by atoms with Gasteiger partial charge in [-0.25, -0.2) is 14.6 Å². The van der Waals surface area contributed by atoms with Crippen LogP contribution in [-0.4, -0.2) is 98.2 Å². The van der Waals surface area contributed by atoms with Crippen molar-refractivity contribution in [1.82, 2.24) is 20.2 Å². The van der Waals surface area contributed by atoms with Gasteiger partial charge in [-0.15, -0.1) is 0 Å². The monoisotopic (exact) mass is 426 g/mol. The zero-order chi connectivity index (χ0) is 21.8. The van der Waals surface area contributed by atoms with Gasteiger partial charge in [-0.1, -0.05) is 0 Å². The van der Waals surface area contributed by atoms with E-state index < -0.39 is 0 Å². The Balaban J connectivity index is 1.74. The number of piperazine rings is 1. The lowest BCUT2D eigenvalue weighted by Gasteiger charge is -2.53. The molecule has 1 N–H and O–H groups in total. The molecule has 0 aromatic heterocycles. The first-order valence-electron chi connectivity index (χ1n) is 11.2. The molecule has 0 radical (unpaired) electrons.